The van der Waals surface area contributed by atoms with Gasteiger partial charge in [-0.3, -0.25) is 19.1 Å². The fraction of sp³-hybridized carbons (Fsp3) is 0.568. The van der Waals surface area contributed by atoms with Crippen molar-refractivity contribution in [1.82, 2.24) is 30.2 Å². The average Bonchev–Trinajstić information content (AvgIpc) is 3.90. The van der Waals surface area contributed by atoms with Crippen LogP contribution in [0.15, 0.2) is 41.8 Å². The number of ether oxygens (including phenoxy) is 2. The number of carbonyl (C=O) groups is 4. The van der Waals surface area contributed by atoms with Crippen molar-refractivity contribution in [3.63, 3.8) is 0 Å². The summed E-state index contributed by atoms with van der Waals surface area (Å²) in [6, 6.07) is 8.32. The summed E-state index contributed by atoms with van der Waals surface area (Å²) in [5, 5.41) is 6.19. The number of hydrogen-bond acceptors (Lipinski definition) is 11. The van der Waals surface area contributed by atoms with E-state index in [1.807, 2.05) is 34.4 Å². The number of nitrogens with one attached hydrogen (secondary N) is 3. The standard InChI is InChI=1S/C37H44F2N6O8S2/c1-36(2,3)29(42-35(49)53-20-9-4-5-10-20)33(47)45-19-21(52-32-28(27-13-8-16-54-27)40-24-11-6-7-12-25(24)41-32)17-26(45)31(46)43-37(18-23(37)30(38)39)34(48)44-55(50,51)22-14-15-22/h6-8,11-13,16,20-23,26,29-30H,4-5,9-10,14-15,17-19H2,1-3H3,(H,42,49)(H,43,46)(H,44,48)/t21-,23+,26?,29-,37-/m1/s1. The number of nitrogens with zero attached hydrogens (tertiary/aromatic N) is 3. The monoisotopic (exact) mass is 802 g/mol. The number of hydrogen-bond donors (Lipinski definition) is 3. The number of alkyl halides is 2. The second kappa shape index (κ2) is 14.9. The van der Waals surface area contributed by atoms with E-state index in [0.29, 0.717) is 42.4 Å². The minimum absolute atomic E-state index is 0.145. The zero-order valence-electron chi connectivity index (χ0n) is 30.6. The third-order valence-corrected chi connectivity index (χ3v) is 13.3. The van der Waals surface area contributed by atoms with Crippen molar-refractivity contribution in [2.45, 2.75) is 114 Å². The van der Waals surface area contributed by atoms with E-state index in [1.165, 1.54) is 16.2 Å². The third kappa shape index (κ3) is 8.25. The molecule has 3 saturated carbocycles. The van der Waals surface area contributed by atoms with Crippen molar-refractivity contribution in [1.29, 1.82) is 0 Å². The number of carbonyl (C=O) groups excluding carboxylic acids is 4. The lowest BCUT2D eigenvalue weighted by Gasteiger charge is -2.35. The Bertz CT molecular complexity index is 2070. The van der Waals surface area contributed by atoms with Crippen molar-refractivity contribution < 1.29 is 45.9 Å². The Balaban J connectivity index is 1.19. The number of halogens is 2. The first-order chi connectivity index (χ1) is 26.1. The van der Waals surface area contributed by atoms with Crippen LogP contribution in [0.1, 0.15) is 72.1 Å². The molecule has 7 rings (SSSR count). The molecule has 2 aromatic heterocycles. The van der Waals surface area contributed by atoms with Gasteiger partial charge in [0, 0.05) is 6.42 Å². The van der Waals surface area contributed by atoms with Crippen molar-refractivity contribution in [3.05, 3.63) is 41.8 Å². The second-order valence-corrected chi connectivity index (χ2v) is 18.8. The highest BCUT2D eigenvalue weighted by Crippen LogP contribution is 2.48. The molecule has 0 spiro atoms. The summed E-state index contributed by atoms with van der Waals surface area (Å²) in [5.74, 6) is -4.38. The first kappa shape index (κ1) is 38.8. The molecule has 3 heterocycles. The zero-order valence-corrected chi connectivity index (χ0v) is 32.3. The van der Waals surface area contributed by atoms with Gasteiger partial charge in [0.1, 0.15) is 35.5 Å². The number of amides is 4. The van der Waals surface area contributed by atoms with Crippen LogP contribution >= 0.6 is 11.3 Å². The van der Waals surface area contributed by atoms with Crippen molar-refractivity contribution in [2.24, 2.45) is 11.3 Å². The quantitative estimate of drug-likeness (QED) is 0.235. The van der Waals surface area contributed by atoms with Gasteiger partial charge in [-0.2, -0.15) is 0 Å². The molecule has 4 aliphatic rings. The predicted molar refractivity (Wildman–Crippen MR) is 198 cm³/mol. The summed E-state index contributed by atoms with van der Waals surface area (Å²) in [6.45, 7) is 5.02. The molecule has 296 valence electrons. The smallest absolute Gasteiger partial charge is 0.408 e. The van der Waals surface area contributed by atoms with E-state index in [4.69, 9.17) is 19.4 Å². The number of thiophene rings is 1. The highest BCUT2D eigenvalue weighted by atomic mass is 32.2. The van der Waals surface area contributed by atoms with Crippen LogP contribution in [0.2, 0.25) is 0 Å². The summed E-state index contributed by atoms with van der Waals surface area (Å²) in [4.78, 5) is 66.8. The number of aromatic nitrogens is 2. The van der Waals surface area contributed by atoms with Crippen molar-refractivity contribution in [3.8, 4) is 16.5 Å². The minimum Gasteiger partial charge on any atom is -0.471 e. The Hall–Kier alpha value is -4.45. The molecule has 3 aromatic rings. The summed E-state index contributed by atoms with van der Waals surface area (Å²) >= 11 is 1.41. The Kier molecular flexibility index (Phi) is 10.5. The van der Waals surface area contributed by atoms with E-state index < -0.39 is 87.0 Å². The van der Waals surface area contributed by atoms with Gasteiger partial charge in [0.05, 0.1) is 33.6 Å². The van der Waals surface area contributed by atoms with Gasteiger partial charge in [0.2, 0.25) is 34.1 Å². The molecule has 0 bridgehead atoms. The molecule has 1 unspecified atom stereocenters. The number of alkyl carbamates (subject to hydrolysis) is 1. The summed E-state index contributed by atoms with van der Waals surface area (Å²) < 4.78 is 67.6. The number of fused-ring (bicyclic) bond motifs is 1. The fourth-order valence-corrected chi connectivity index (χ4v) is 9.40. The lowest BCUT2D eigenvalue weighted by Crippen LogP contribution is -2.60. The summed E-state index contributed by atoms with van der Waals surface area (Å²) in [5.41, 5.74) is -1.51. The maximum Gasteiger partial charge on any atom is 0.408 e. The highest BCUT2D eigenvalue weighted by Gasteiger charge is 2.67. The van der Waals surface area contributed by atoms with Crippen LogP contribution in [-0.4, -0.2) is 95.2 Å². The van der Waals surface area contributed by atoms with Crippen LogP contribution in [0.3, 0.4) is 0 Å². The Labute approximate surface area is 321 Å². The fourth-order valence-electron chi connectivity index (χ4n) is 7.34. The van der Waals surface area contributed by atoms with E-state index in [-0.39, 0.29) is 24.9 Å². The van der Waals surface area contributed by atoms with Crippen LogP contribution in [0, 0.1) is 11.3 Å². The van der Waals surface area contributed by atoms with E-state index in [9.17, 15) is 36.4 Å². The molecule has 1 aliphatic heterocycles. The first-order valence-electron chi connectivity index (χ1n) is 18.5. The molecule has 5 atom stereocenters. The van der Waals surface area contributed by atoms with Crippen LogP contribution in [0.5, 0.6) is 5.88 Å². The molecule has 3 N–H and O–H groups in total. The van der Waals surface area contributed by atoms with Gasteiger partial charge in [0.15, 0.2) is 0 Å². The first-order valence-corrected chi connectivity index (χ1v) is 20.9. The molecule has 18 heteroatoms. The molecular weight excluding hydrogens is 759 g/mol. The predicted octanol–water partition coefficient (Wildman–Crippen LogP) is 4.54. The van der Waals surface area contributed by atoms with E-state index in [2.05, 4.69) is 10.6 Å². The molecule has 1 aromatic carbocycles. The number of rotatable bonds is 12. The molecule has 4 fully saturated rings. The summed E-state index contributed by atoms with van der Waals surface area (Å²) in [7, 11) is -4.13. The Morgan fingerprint density at radius 1 is 0.982 bits per heavy atom. The minimum atomic E-state index is -4.13. The third-order valence-electron chi connectivity index (χ3n) is 10.6. The van der Waals surface area contributed by atoms with Gasteiger partial charge >= 0.3 is 6.09 Å². The molecule has 4 amide bonds. The van der Waals surface area contributed by atoms with Crippen molar-refractivity contribution >= 4 is 56.2 Å². The molecule has 0 radical (unpaired) electrons. The van der Waals surface area contributed by atoms with Crippen LogP contribution in [0.4, 0.5) is 13.6 Å². The van der Waals surface area contributed by atoms with E-state index in [1.54, 1.807) is 32.9 Å². The number of benzene rings is 1. The highest BCUT2D eigenvalue weighted by molar-refractivity contribution is 7.91. The maximum absolute atomic E-state index is 14.6. The maximum atomic E-state index is 14.6. The summed E-state index contributed by atoms with van der Waals surface area (Å²) in [6.07, 6.45) is -1.76. The normalized spacial score (nSPS) is 24.8. The lowest BCUT2D eigenvalue weighted by molar-refractivity contribution is -0.143. The lowest BCUT2D eigenvalue weighted by atomic mass is 9.85. The van der Waals surface area contributed by atoms with Gasteiger partial charge < -0.3 is 25.0 Å². The number of sulfonamides is 1. The van der Waals surface area contributed by atoms with E-state index in [0.717, 1.165) is 17.7 Å². The Morgan fingerprint density at radius 3 is 2.27 bits per heavy atom. The largest absolute Gasteiger partial charge is 0.471 e. The second-order valence-electron chi connectivity index (χ2n) is 15.9. The molecule has 3 aliphatic carbocycles. The SMILES string of the molecule is CC(C)(C)[C@H](NC(=O)OC1CCCC1)C(=O)N1C[C@H](Oc2nc3ccccc3nc2-c2cccs2)CC1C(=O)N[C@]1(C(=O)NS(=O)(=O)C2CC2)C[C@H]1C(F)F. The van der Waals surface area contributed by atoms with Crippen molar-refractivity contribution in [2.75, 3.05) is 6.54 Å². The van der Waals surface area contributed by atoms with Gasteiger partial charge in [-0.25, -0.2) is 32.0 Å². The zero-order chi connectivity index (χ0) is 39.3. The number of para-hydroxylation sites is 2. The topological polar surface area (TPSA) is 186 Å². The van der Waals surface area contributed by atoms with Gasteiger partial charge in [-0.15, -0.1) is 11.3 Å². The van der Waals surface area contributed by atoms with Gasteiger partial charge in [-0.05, 0) is 73.9 Å². The van der Waals surface area contributed by atoms with E-state index >= 15 is 0 Å². The number of likely N-dealkylation sites (tertiary alicyclic amines) is 1. The molecular formula is C37H44F2N6O8S2. The molecule has 55 heavy (non-hydrogen) atoms. The Morgan fingerprint density at radius 2 is 1.67 bits per heavy atom. The van der Waals surface area contributed by atoms with Crippen LogP contribution < -0.4 is 20.1 Å². The molecule has 1 saturated heterocycles. The van der Waals surface area contributed by atoms with Crippen LogP contribution in [-0.2, 0) is 29.1 Å². The van der Waals surface area contributed by atoms with Crippen LogP contribution in [0.25, 0.3) is 21.6 Å². The average molecular weight is 803 g/mol. The molecule has 14 nitrogen and oxygen atoms in total. The van der Waals surface area contributed by atoms with Gasteiger partial charge in [0.25, 0.3) is 5.91 Å². The van der Waals surface area contributed by atoms with Gasteiger partial charge in [-0.1, -0.05) is 39.0 Å².